The Balaban J connectivity index is 2.89. The molecule has 18 heavy (non-hydrogen) atoms. The molecule has 0 fully saturated rings. The van der Waals surface area contributed by atoms with Gasteiger partial charge in [-0.25, -0.2) is 0 Å². The van der Waals surface area contributed by atoms with E-state index in [0.717, 1.165) is 4.47 Å². The number of hydrogen-bond acceptors (Lipinski definition) is 3. The van der Waals surface area contributed by atoms with E-state index in [-0.39, 0.29) is 18.5 Å². The van der Waals surface area contributed by atoms with Crippen LogP contribution in [0.15, 0.2) is 28.7 Å². The van der Waals surface area contributed by atoms with Crippen LogP contribution in [-0.2, 0) is 9.53 Å². The molecule has 0 heterocycles. The second kappa shape index (κ2) is 6.54. The van der Waals surface area contributed by atoms with E-state index in [1.807, 2.05) is 13.8 Å². The first kappa shape index (κ1) is 14.7. The first-order valence-electron chi connectivity index (χ1n) is 5.59. The monoisotopic (exact) mass is 313 g/mol. The highest BCUT2D eigenvalue weighted by Gasteiger charge is 2.21. The summed E-state index contributed by atoms with van der Waals surface area (Å²) in [5, 5.41) is 0. The maximum absolute atomic E-state index is 12.3. The van der Waals surface area contributed by atoms with Crippen LogP contribution < -0.4 is 0 Å². The summed E-state index contributed by atoms with van der Waals surface area (Å²) in [6, 6.07) is 6.96. The second-order valence-electron chi connectivity index (χ2n) is 4.11. The van der Waals surface area contributed by atoms with Gasteiger partial charge in [-0.3, -0.25) is 9.59 Å². The van der Waals surface area contributed by atoms with Crippen LogP contribution in [-0.4, -0.2) is 36.5 Å². The van der Waals surface area contributed by atoms with Gasteiger partial charge in [0.1, 0.15) is 6.54 Å². The Kier molecular flexibility index (Phi) is 5.34. The van der Waals surface area contributed by atoms with Crippen molar-refractivity contribution in [3.05, 3.63) is 34.3 Å². The number of methoxy groups -OCH3 is 1. The Hall–Kier alpha value is -1.36. The molecule has 0 saturated carbocycles. The van der Waals surface area contributed by atoms with Crippen molar-refractivity contribution in [3.8, 4) is 0 Å². The third kappa shape index (κ3) is 3.84. The summed E-state index contributed by atoms with van der Waals surface area (Å²) in [6.45, 7) is 3.68. The van der Waals surface area contributed by atoms with Crippen LogP contribution in [0, 0.1) is 0 Å². The molecule has 4 nitrogen and oxygen atoms in total. The summed E-state index contributed by atoms with van der Waals surface area (Å²) < 4.78 is 5.50. The molecule has 1 aromatic rings. The quantitative estimate of drug-likeness (QED) is 0.802. The predicted molar refractivity (Wildman–Crippen MR) is 72.3 cm³/mol. The lowest BCUT2D eigenvalue weighted by Gasteiger charge is -2.25. The van der Waals surface area contributed by atoms with Crippen LogP contribution in [0.5, 0.6) is 0 Å². The van der Waals surface area contributed by atoms with Gasteiger partial charge in [-0.05, 0) is 38.1 Å². The Morgan fingerprint density at radius 1 is 1.28 bits per heavy atom. The summed E-state index contributed by atoms with van der Waals surface area (Å²) >= 11 is 3.31. The van der Waals surface area contributed by atoms with Crippen molar-refractivity contribution >= 4 is 27.8 Å². The lowest BCUT2D eigenvalue weighted by Crippen LogP contribution is -2.41. The first-order valence-corrected chi connectivity index (χ1v) is 6.38. The first-order chi connectivity index (χ1) is 8.45. The third-order valence-corrected chi connectivity index (χ3v) is 3.03. The molecule has 0 radical (unpaired) electrons. The van der Waals surface area contributed by atoms with E-state index < -0.39 is 5.97 Å². The van der Waals surface area contributed by atoms with Crippen LogP contribution in [0.25, 0.3) is 0 Å². The van der Waals surface area contributed by atoms with Gasteiger partial charge in [0.2, 0.25) is 0 Å². The van der Waals surface area contributed by atoms with E-state index in [4.69, 9.17) is 0 Å². The van der Waals surface area contributed by atoms with E-state index in [0.29, 0.717) is 5.56 Å². The molecule has 98 valence electrons. The normalized spacial score (nSPS) is 10.3. The van der Waals surface area contributed by atoms with Gasteiger partial charge in [-0.2, -0.15) is 0 Å². The zero-order valence-electron chi connectivity index (χ0n) is 10.6. The smallest absolute Gasteiger partial charge is 0.325 e. The number of esters is 1. The fourth-order valence-electron chi connectivity index (χ4n) is 1.45. The van der Waals surface area contributed by atoms with Crippen molar-refractivity contribution in [3.63, 3.8) is 0 Å². The molecule has 1 aromatic carbocycles. The molecule has 1 amide bonds. The van der Waals surface area contributed by atoms with E-state index in [2.05, 4.69) is 20.7 Å². The lowest BCUT2D eigenvalue weighted by molar-refractivity contribution is -0.141. The van der Waals surface area contributed by atoms with Crippen molar-refractivity contribution < 1.29 is 14.3 Å². The molecule has 0 saturated heterocycles. The Morgan fingerprint density at radius 3 is 2.28 bits per heavy atom. The molecule has 0 atom stereocenters. The SMILES string of the molecule is COC(=O)CN(C(=O)c1ccc(Br)cc1)C(C)C. The molecule has 0 aromatic heterocycles. The third-order valence-electron chi connectivity index (χ3n) is 2.50. The number of nitrogens with zero attached hydrogens (tertiary/aromatic N) is 1. The van der Waals surface area contributed by atoms with Gasteiger partial charge < -0.3 is 9.64 Å². The molecule has 0 spiro atoms. The largest absolute Gasteiger partial charge is 0.468 e. The average Bonchev–Trinajstić information content (AvgIpc) is 2.35. The van der Waals surface area contributed by atoms with Gasteiger partial charge in [0.25, 0.3) is 5.91 Å². The fourth-order valence-corrected chi connectivity index (χ4v) is 1.72. The predicted octanol–water partition coefficient (Wildman–Crippen LogP) is 2.47. The van der Waals surface area contributed by atoms with Gasteiger partial charge in [-0.15, -0.1) is 0 Å². The summed E-state index contributed by atoms with van der Waals surface area (Å²) in [4.78, 5) is 25.0. The maximum atomic E-state index is 12.3. The standard InChI is InChI=1S/C13H16BrNO3/c1-9(2)15(8-12(16)18-3)13(17)10-4-6-11(14)7-5-10/h4-7,9H,8H2,1-3H3. The highest BCUT2D eigenvalue weighted by atomic mass is 79.9. The van der Waals surface area contributed by atoms with Crippen molar-refractivity contribution in [2.45, 2.75) is 19.9 Å². The van der Waals surface area contributed by atoms with Gasteiger partial charge in [0.05, 0.1) is 7.11 Å². The van der Waals surface area contributed by atoms with Gasteiger partial charge in [0, 0.05) is 16.1 Å². The average molecular weight is 314 g/mol. The molecular weight excluding hydrogens is 298 g/mol. The summed E-state index contributed by atoms with van der Waals surface area (Å²) in [6.07, 6.45) is 0. The molecule has 0 aliphatic rings. The van der Waals surface area contributed by atoms with Crippen LogP contribution in [0.4, 0.5) is 0 Å². The minimum absolute atomic E-state index is 0.0386. The van der Waals surface area contributed by atoms with E-state index >= 15 is 0 Å². The fraction of sp³-hybridized carbons (Fsp3) is 0.385. The van der Waals surface area contributed by atoms with Gasteiger partial charge >= 0.3 is 5.97 Å². The number of benzene rings is 1. The number of carbonyl (C=O) groups excluding carboxylic acids is 2. The van der Waals surface area contributed by atoms with Crippen LogP contribution in [0.1, 0.15) is 24.2 Å². The molecule has 5 heteroatoms. The number of carbonyl (C=O) groups is 2. The zero-order valence-corrected chi connectivity index (χ0v) is 12.2. The molecule has 0 aliphatic carbocycles. The molecule has 0 bridgehead atoms. The Morgan fingerprint density at radius 2 is 1.83 bits per heavy atom. The van der Waals surface area contributed by atoms with E-state index in [9.17, 15) is 9.59 Å². The molecule has 0 N–H and O–H groups in total. The highest BCUT2D eigenvalue weighted by molar-refractivity contribution is 9.10. The summed E-state index contributed by atoms with van der Waals surface area (Å²) in [7, 11) is 1.31. The van der Waals surface area contributed by atoms with Gasteiger partial charge in [-0.1, -0.05) is 15.9 Å². The second-order valence-corrected chi connectivity index (χ2v) is 5.03. The minimum Gasteiger partial charge on any atom is -0.468 e. The number of hydrogen-bond donors (Lipinski definition) is 0. The maximum Gasteiger partial charge on any atom is 0.325 e. The number of rotatable bonds is 4. The van der Waals surface area contributed by atoms with E-state index in [1.165, 1.54) is 12.0 Å². The van der Waals surface area contributed by atoms with Crippen LogP contribution in [0.3, 0.4) is 0 Å². The highest BCUT2D eigenvalue weighted by Crippen LogP contribution is 2.13. The van der Waals surface area contributed by atoms with Crippen LogP contribution >= 0.6 is 15.9 Å². The molecular formula is C13H16BrNO3. The van der Waals surface area contributed by atoms with E-state index in [1.54, 1.807) is 24.3 Å². The topological polar surface area (TPSA) is 46.6 Å². The number of ether oxygens (including phenoxy) is 1. The van der Waals surface area contributed by atoms with Gasteiger partial charge in [0.15, 0.2) is 0 Å². The minimum atomic E-state index is -0.422. The van der Waals surface area contributed by atoms with Crippen LogP contribution in [0.2, 0.25) is 0 Å². The molecule has 1 rings (SSSR count). The van der Waals surface area contributed by atoms with Crippen molar-refractivity contribution in [2.75, 3.05) is 13.7 Å². The zero-order chi connectivity index (χ0) is 13.7. The van der Waals surface area contributed by atoms with Crippen molar-refractivity contribution in [2.24, 2.45) is 0 Å². The van der Waals surface area contributed by atoms with Crippen molar-refractivity contribution in [1.82, 2.24) is 4.90 Å². The summed E-state index contributed by atoms with van der Waals surface area (Å²) in [5.74, 6) is -0.600. The Bertz CT molecular complexity index is 428. The Labute approximate surface area is 115 Å². The molecule has 0 aliphatic heterocycles. The summed E-state index contributed by atoms with van der Waals surface area (Å²) in [5.41, 5.74) is 0.552. The lowest BCUT2D eigenvalue weighted by atomic mass is 10.1. The molecule has 0 unspecified atom stereocenters. The van der Waals surface area contributed by atoms with Crippen molar-refractivity contribution in [1.29, 1.82) is 0 Å². The number of amides is 1. The number of halogens is 1.